The number of hydrogen-bond acceptors (Lipinski definition) is 13. The lowest BCUT2D eigenvalue weighted by molar-refractivity contribution is 0.0743. The fourth-order valence-corrected chi connectivity index (χ4v) is 4.38. The maximum absolute atomic E-state index is 2.38. The Hall–Kier alpha value is -0.520. The number of hydrogen-bond donors (Lipinski definition) is 0. The molecule has 0 aromatic carbocycles. The first kappa shape index (κ1) is 49.4. The minimum Gasteiger partial charge on any atom is -0.297 e. The van der Waals surface area contributed by atoms with Gasteiger partial charge in [-0.3, -0.25) is 63.7 Å². The third-order valence-electron chi connectivity index (χ3n) is 4.59. The largest absolute Gasteiger partial charge is 0.297 e. The number of nitrogens with zero attached hydrogens (tertiary/aromatic N) is 13. The van der Waals surface area contributed by atoms with E-state index in [1.54, 1.807) is 0 Å². The lowest BCUT2D eigenvalue weighted by Gasteiger charge is -2.30. The molecular formula is C30H81N13. The van der Waals surface area contributed by atoms with Crippen molar-refractivity contribution in [2.24, 2.45) is 0 Å². The van der Waals surface area contributed by atoms with Gasteiger partial charge in [-0.15, -0.1) is 0 Å². The van der Waals surface area contributed by atoms with Crippen molar-refractivity contribution in [2.75, 3.05) is 208 Å². The van der Waals surface area contributed by atoms with E-state index in [9.17, 15) is 0 Å². The Kier molecular flexibility index (Phi) is 34.6. The topological polar surface area (TPSA) is 42.1 Å². The Morgan fingerprint density at radius 1 is 0.186 bits per heavy atom. The van der Waals surface area contributed by atoms with E-state index < -0.39 is 0 Å². The van der Waals surface area contributed by atoms with Crippen LogP contribution < -0.4 is 0 Å². The van der Waals surface area contributed by atoms with Gasteiger partial charge in [0, 0.05) is 6.67 Å². The summed E-state index contributed by atoms with van der Waals surface area (Å²) in [5.74, 6) is 0. The van der Waals surface area contributed by atoms with E-state index in [2.05, 4.69) is 212 Å². The molecule has 0 amide bonds. The first-order valence-electron chi connectivity index (χ1n) is 15.1. The summed E-state index contributed by atoms with van der Waals surface area (Å²) in [6.07, 6.45) is 0. The van der Waals surface area contributed by atoms with E-state index in [-0.39, 0.29) is 0 Å². The summed E-state index contributed by atoms with van der Waals surface area (Å²) in [6, 6.07) is 0. The molecule has 0 aromatic heterocycles. The van der Waals surface area contributed by atoms with Crippen LogP contribution in [0.15, 0.2) is 0 Å². The van der Waals surface area contributed by atoms with Gasteiger partial charge in [0.05, 0.1) is 53.3 Å². The van der Waals surface area contributed by atoms with E-state index in [0.717, 1.165) is 60.0 Å². The third kappa shape index (κ3) is 51.4. The summed E-state index contributed by atoms with van der Waals surface area (Å²) in [4.78, 5) is 28.7. The first-order valence-corrected chi connectivity index (χ1v) is 15.1. The van der Waals surface area contributed by atoms with Gasteiger partial charge in [-0.1, -0.05) is 0 Å². The first-order chi connectivity index (χ1) is 19.5. The molecule has 0 rings (SSSR count). The summed E-state index contributed by atoms with van der Waals surface area (Å²) in [7, 11) is 43.8. The summed E-state index contributed by atoms with van der Waals surface area (Å²) in [5, 5.41) is 0. The normalized spacial score (nSPS) is 12.1. The van der Waals surface area contributed by atoms with Gasteiger partial charge >= 0.3 is 0 Å². The SMILES string of the molecule is CN(C)CN(C)C.CN(C)CN(C)CN(C)C.CN(C)CN(C)CN(C)CN(C)C.CN(C)CN(CN(C)C)CN(C)C. The van der Waals surface area contributed by atoms with Gasteiger partial charge in [-0.05, 0) is 148 Å². The quantitative estimate of drug-likeness (QED) is 0.188. The van der Waals surface area contributed by atoms with Crippen molar-refractivity contribution in [2.45, 2.75) is 0 Å². The molecule has 0 atom stereocenters. The monoisotopic (exact) mass is 624 g/mol. The molecule has 0 aliphatic carbocycles. The molecule has 0 aliphatic rings. The summed E-state index contributed by atoms with van der Waals surface area (Å²) in [5.41, 5.74) is 0. The minimum atomic E-state index is 0.996. The van der Waals surface area contributed by atoms with E-state index in [0.29, 0.717) is 0 Å². The highest BCUT2D eigenvalue weighted by Crippen LogP contribution is 1.93. The molecule has 0 spiro atoms. The molecular weight excluding hydrogens is 542 g/mol. The molecule has 266 valence electrons. The summed E-state index contributed by atoms with van der Waals surface area (Å²) < 4.78 is 0. The van der Waals surface area contributed by atoms with Gasteiger partial charge in [0.15, 0.2) is 0 Å². The van der Waals surface area contributed by atoms with Gasteiger partial charge < -0.3 is 0 Å². The predicted octanol–water partition coefficient (Wildman–Crippen LogP) is -0.285. The fourth-order valence-electron chi connectivity index (χ4n) is 4.38. The molecule has 13 heteroatoms. The molecule has 0 fully saturated rings. The zero-order chi connectivity index (χ0) is 34.9. The third-order valence-corrected chi connectivity index (χ3v) is 4.59. The second-order valence-corrected chi connectivity index (χ2v) is 14.2. The van der Waals surface area contributed by atoms with Crippen molar-refractivity contribution >= 4 is 0 Å². The molecule has 0 unspecified atom stereocenters. The maximum atomic E-state index is 2.38. The van der Waals surface area contributed by atoms with E-state index >= 15 is 0 Å². The lowest BCUT2D eigenvalue weighted by atomic mass is 10.6. The van der Waals surface area contributed by atoms with Crippen LogP contribution in [0.2, 0.25) is 0 Å². The van der Waals surface area contributed by atoms with Crippen LogP contribution in [0.4, 0.5) is 0 Å². The molecule has 43 heavy (non-hydrogen) atoms. The van der Waals surface area contributed by atoms with Crippen LogP contribution in [0.5, 0.6) is 0 Å². The lowest BCUT2D eigenvalue weighted by Crippen LogP contribution is -2.44. The molecule has 0 bridgehead atoms. The van der Waals surface area contributed by atoms with Crippen LogP contribution in [0, 0.1) is 0 Å². The number of rotatable bonds is 18. The van der Waals surface area contributed by atoms with Crippen molar-refractivity contribution in [3.63, 3.8) is 0 Å². The summed E-state index contributed by atoms with van der Waals surface area (Å²) in [6.45, 7) is 9.03. The molecule has 0 saturated heterocycles. The smallest absolute Gasteiger partial charge is 0.0525 e. The molecule has 0 heterocycles. The second-order valence-electron chi connectivity index (χ2n) is 14.2. The van der Waals surface area contributed by atoms with Crippen molar-refractivity contribution in [1.82, 2.24) is 63.7 Å². The van der Waals surface area contributed by atoms with Crippen LogP contribution in [-0.4, -0.2) is 272 Å². The van der Waals surface area contributed by atoms with Crippen molar-refractivity contribution in [1.29, 1.82) is 0 Å². The van der Waals surface area contributed by atoms with E-state index in [1.807, 2.05) is 0 Å². The Morgan fingerprint density at radius 2 is 0.349 bits per heavy atom. The Labute approximate surface area is 271 Å². The Morgan fingerprint density at radius 3 is 0.488 bits per heavy atom. The molecule has 0 aromatic rings. The molecule has 0 saturated carbocycles. The van der Waals surface area contributed by atoms with Gasteiger partial charge in [-0.2, -0.15) is 0 Å². The highest BCUT2D eigenvalue weighted by atomic mass is 15.4. The van der Waals surface area contributed by atoms with Crippen molar-refractivity contribution < 1.29 is 0 Å². The van der Waals surface area contributed by atoms with Gasteiger partial charge in [0.2, 0.25) is 0 Å². The van der Waals surface area contributed by atoms with Crippen LogP contribution in [-0.2, 0) is 0 Å². The maximum Gasteiger partial charge on any atom is 0.0525 e. The highest BCUT2D eigenvalue weighted by molar-refractivity contribution is 4.53. The van der Waals surface area contributed by atoms with Crippen LogP contribution >= 0.6 is 0 Å². The van der Waals surface area contributed by atoms with E-state index in [1.165, 1.54) is 0 Å². The molecule has 0 radical (unpaired) electrons. The average Bonchev–Trinajstić information content (AvgIpc) is 2.69. The highest BCUT2D eigenvalue weighted by Gasteiger charge is 2.07. The predicted molar refractivity (Wildman–Crippen MR) is 192 cm³/mol. The Bertz CT molecular complexity index is 502. The molecule has 0 aliphatic heterocycles. The Balaban J connectivity index is -0.000000242. The fraction of sp³-hybridized carbons (Fsp3) is 1.00. The van der Waals surface area contributed by atoms with Gasteiger partial charge in [0.25, 0.3) is 0 Å². The standard InChI is InChI=1S/2C9H24N4.C7H19N3.C5H14N2/c1-10(2)7-12(5)9-13(6)8-11(3)4;1-10(2)7-13(8-11(3)4)9-12(5)6;1-8(2)6-10(5)7-9(3)4;1-6(2)5-7(3)4/h2*7-9H2,1-6H3;6-7H2,1-5H3;5H2,1-4H3. The molecule has 0 N–H and O–H groups in total. The zero-order valence-electron chi connectivity index (χ0n) is 33.2. The van der Waals surface area contributed by atoms with Crippen LogP contribution in [0.25, 0.3) is 0 Å². The van der Waals surface area contributed by atoms with Crippen molar-refractivity contribution in [3.05, 3.63) is 0 Å². The molecule has 13 nitrogen and oxygen atoms in total. The van der Waals surface area contributed by atoms with Crippen molar-refractivity contribution in [3.8, 4) is 0 Å². The summed E-state index contributed by atoms with van der Waals surface area (Å²) >= 11 is 0. The minimum absolute atomic E-state index is 0.996. The van der Waals surface area contributed by atoms with Gasteiger partial charge in [-0.25, -0.2) is 0 Å². The average molecular weight is 624 g/mol. The van der Waals surface area contributed by atoms with Crippen LogP contribution in [0.1, 0.15) is 0 Å². The van der Waals surface area contributed by atoms with Gasteiger partial charge in [0.1, 0.15) is 0 Å². The van der Waals surface area contributed by atoms with Crippen LogP contribution in [0.3, 0.4) is 0 Å². The zero-order valence-corrected chi connectivity index (χ0v) is 33.2. The second kappa shape index (κ2) is 30.2. The van der Waals surface area contributed by atoms with E-state index in [4.69, 9.17) is 0 Å².